The Labute approximate surface area is 190 Å². The molecule has 5 rings (SSSR count). The first kappa shape index (κ1) is 20.9. The Bertz CT molecular complexity index is 1430. The number of hydrogen-bond acceptors (Lipinski definition) is 5. The number of fused-ring (bicyclic) bond motifs is 3. The highest BCUT2D eigenvalue weighted by Gasteiger charge is 2.26. The fourth-order valence-electron chi connectivity index (χ4n) is 4.45. The predicted octanol–water partition coefficient (Wildman–Crippen LogP) is 2.23. The summed E-state index contributed by atoms with van der Waals surface area (Å²) in [5.74, 6) is 0.420. The molecule has 0 N–H and O–H groups in total. The summed E-state index contributed by atoms with van der Waals surface area (Å²) in [6.45, 7) is 1.95. The summed E-state index contributed by atoms with van der Waals surface area (Å²) in [7, 11) is 1.60. The maximum Gasteiger partial charge on any atom is 0.332 e. The lowest BCUT2D eigenvalue weighted by atomic mass is 10.1. The van der Waals surface area contributed by atoms with Gasteiger partial charge < -0.3 is 9.47 Å². The number of carbonyl (C=O) groups excluding carboxylic acids is 1. The van der Waals surface area contributed by atoms with Gasteiger partial charge in [0.2, 0.25) is 5.95 Å². The first-order valence-corrected chi connectivity index (χ1v) is 11.1. The molecule has 0 spiro atoms. The van der Waals surface area contributed by atoms with Gasteiger partial charge in [-0.1, -0.05) is 60.7 Å². The third-order valence-electron chi connectivity index (χ3n) is 6.22. The van der Waals surface area contributed by atoms with E-state index in [4.69, 9.17) is 4.98 Å². The highest BCUT2D eigenvalue weighted by Crippen LogP contribution is 2.24. The van der Waals surface area contributed by atoms with E-state index in [1.54, 1.807) is 31.3 Å². The van der Waals surface area contributed by atoms with E-state index >= 15 is 0 Å². The summed E-state index contributed by atoms with van der Waals surface area (Å²) >= 11 is 0. The molecule has 2 aromatic heterocycles. The fraction of sp³-hybridized carbons (Fsp3) is 0.280. The number of benzene rings is 2. The lowest BCUT2D eigenvalue weighted by molar-refractivity contribution is 0.0969. The van der Waals surface area contributed by atoms with Crippen LogP contribution >= 0.6 is 0 Å². The maximum absolute atomic E-state index is 13.4. The molecule has 0 saturated heterocycles. The summed E-state index contributed by atoms with van der Waals surface area (Å²) in [6.07, 6.45) is 1.73. The maximum atomic E-state index is 13.4. The molecule has 168 valence electrons. The second-order valence-electron chi connectivity index (χ2n) is 8.33. The van der Waals surface area contributed by atoms with Crippen molar-refractivity contribution in [1.29, 1.82) is 0 Å². The molecule has 33 heavy (non-hydrogen) atoms. The summed E-state index contributed by atoms with van der Waals surface area (Å²) in [5, 5.41) is 0. The minimum Gasteiger partial charge on any atom is -0.342 e. The molecule has 0 radical (unpaired) electrons. The average Bonchev–Trinajstić information content (AvgIpc) is 3.25. The van der Waals surface area contributed by atoms with Gasteiger partial charge in [-0.05, 0) is 18.4 Å². The number of rotatable bonds is 6. The van der Waals surface area contributed by atoms with Crippen LogP contribution < -0.4 is 16.1 Å². The van der Waals surface area contributed by atoms with Crippen LogP contribution in [0.25, 0.3) is 11.2 Å². The summed E-state index contributed by atoms with van der Waals surface area (Å²) in [4.78, 5) is 46.0. The summed E-state index contributed by atoms with van der Waals surface area (Å²) in [5.41, 5.74) is 1.42. The van der Waals surface area contributed by atoms with E-state index in [0.717, 1.165) is 30.5 Å². The first-order valence-electron chi connectivity index (χ1n) is 11.1. The van der Waals surface area contributed by atoms with E-state index in [9.17, 15) is 14.4 Å². The summed E-state index contributed by atoms with van der Waals surface area (Å²) < 4.78 is 4.29. The van der Waals surface area contributed by atoms with Crippen LogP contribution in [0.4, 0.5) is 5.95 Å². The van der Waals surface area contributed by atoms with Crippen LogP contribution in [0.2, 0.25) is 0 Å². The number of imidazole rings is 1. The molecule has 8 heteroatoms. The molecule has 4 aromatic rings. The zero-order valence-electron chi connectivity index (χ0n) is 18.5. The van der Waals surface area contributed by atoms with Gasteiger partial charge in [0.05, 0.1) is 6.54 Å². The van der Waals surface area contributed by atoms with Crippen molar-refractivity contribution in [2.45, 2.75) is 25.9 Å². The van der Waals surface area contributed by atoms with Gasteiger partial charge in [0.15, 0.2) is 16.9 Å². The van der Waals surface area contributed by atoms with Crippen molar-refractivity contribution in [2.75, 3.05) is 18.0 Å². The zero-order valence-corrected chi connectivity index (χ0v) is 18.5. The molecule has 0 fully saturated rings. The molecule has 0 atom stereocenters. The standard InChI is InChI=1S/C25H25N5O3/c1-27-22-21(23(32)30(25(27)33)17-20(31)19-11-6-3-7-12-19)29-15-8-14-28(24(29)26-22)16-13-18-9-4-2-5-10-18/h2-7,9-12H,8,13-17H2,1H3. The molecule has 1 aliphatic rings. The van der Waals surface area contributed by atoms with Crippen LogP contribution in [0.3, 0.4) is 0 Å². The van der Waals surface area contributed by atoms with E-state index in [1.165, 1.54) is 10.1 Å². The van der Waals surface area contributed by atoms with Gasteiger partial charge in [-0.3, -0.25) is 18.7 Å². The van der Waals surface area contributed by atoms with Gasteiger partial charge in [-0.2, -0.15) is 4.98 Å². The average molecular weight is 444 g/mol. The number of nitrogens with zero attached hydrogens (tertiary/aromatic N) is 5. The van der Waals surface area contributed by atoms with Crippen molar-refractivity contribution in [1.82, 2.24) is 18.7 Å². The lowest BCUT2D eigenvalue weighted by Crippen LogP contribution is -2.41. The second-order valence-corrected chi connectivity index (χ2v) is 8.33. The van der Waals surface area contributed by atoms with Gasteiger partial charge in [-0.25, -0.2) is 4.79 Å². The number of ketones is 1. The first-order chi connectivity index (χ1) is 16.0. The molecule has 2 aromatic carbocycles. The number of Topliss-reactive ketones (excluding diaryl/α,β-unsaturated/α-hetero) is 1. The van der Waals surface area contributed by atoms with Crippen molar-refractivity contribution in [2.24, 2.45) is 7.05 Å². The van der Waals surface area contributed by atoms with Crippen molar-refractivity contribution < 1.29 is 4.79 Å². The van der Waals surface area contributed by atoms with E-state index in [2.05, 4.69) is 17.0 Å². The SMILES string of the molecule is Cn1c(=O)n(CC(=O)c2ccccc2)c(=O)c2c1nc1n2CCCN1CCc1ccccc1. The van der Waals surface area contributed by atoms with Crippen molar-refractivity contribution in [3.05, 3.63) is 92.6 Å². The molecule has 0 amide bonds. The molecule has 3 heterocycles. The zero-order chi connectivity index (χ0) is 22.9. The van der Waals surface area contributed by atoms with Crippen LogP contribution in [-0.4, -0.2) is 37.6 Å². The van der Waals surface area contributed by atoms with Gasteiger partial charge >= 0.3 is 5.69 Å². The third-order valence-corrected chi connectivity index (χ3v) is 6.22. The normalized spacial score (nSPS) is 13.3. The second kappa shape index (κ2) is 8.54. The molecule has 0 bridgehead atoms. The highest BCUT2D eigenvalue weighted by molar-refractivity contribution is 5.95. The minimum absolute atomic E-state index is 0.281. The Balaban J connectivity index is 1.53. The highest BCUT2D eigenvalue weighted by atomic mass is 16.2. The Kier molecular flexibility index (Phi) is 5.42. The number of anilines is 1. The van der Waals surface area contributed by atoms with Crippen LogP contribution in [-0.2, 0) is 26.6 Å². The molecule has 0 saturated carbocycles. The number of aryl methyl sites for hydroxylation is 2. The van der Waals surface area contributed by atoms with Gasteiger partial charge in [0.25, 0.3) is 5.56 Å². The molecule has 0 aliphatic carbocycles. The number of hydrogen-bond donors (Lipinski definition) is 0. The minimum atomic E-state index is -0.539. The van der Waals surface area contributed by atoms with E-state index in [1.807, 2.05) is 28.8 Å². The topological polar surface area (TPSA) is 82.1 Å². The quantitative estimate of drug-likeness (QED) is 0.427. The Hall–Kier alpha value is -3.94. The Morgan fingerprint density at radius 2 is 1.67 bits per heavy atom. The smallest absolute Gasteiger partial charge is 0.332 e. The van der Waals surface area contributed by atoms with Crippen LogP contribution in [0.1, 0.15) is 22.3 Å². The van der Waals surface area contributed by atoms with Crippen molar-refractivity contribution >= 4 is 22.9 Å². The van der Waals surface area contributed by atoms with Crippen LogP contribution in [0.5, 0.6) is 0 Å². The van der Waals surface area contributed by atoms with Gasteiger partial charge in [-0.15, -0.1) is 0 Å². The van der Waals surface area contributed by atoms with Crippen molar-refractivity contribution in [3.8, 4) is 0 Å². The molecule has 1 aliphatic heterocycles. The monoisotopic (exact) mass is 443 g/mol. The third kappa shape index (κ3) is 3.77. The van der Waals surface area contributed by atoms with Gasteiger partial charge in [0.1, 0.15) is 0 Å². The van der Waals surface area contributed by atoms with Crippen LogP contribution in [0, 0.1) is 0 Å². The summed E-state index contributed by atoms with van der Waals surface area (Å²) in [6, 6.07) is 18.9. The predicted molar refractivity (Wildman–Crippen MR) is 127 cm³/mol. The Morgan fingerprint density at radius 1 is 0.970 bits per heavy atom. The molecular formula is C25H25N5O3. The van der Waals surface area contributed by atoms with Crippen molar-refractivity contribution in [3.63, 3.8) is 0 Å². The largest absolute Gasteiger partial charge is 0.342 e. The van der Waals surface area contributed by atoms with E-state index in [0.29, 0.717) is 29.2 Å². The van der Waals surface area contributed by atoms with Crippen LogP contribution in [0.15, 0.2) is 70.3 Å². The van der Waals surface area contributed by atoms with E-state index < -0.39 is 11.2 Å². The van der Waals surface area contributed by atoms with E-state index in [-0.39, 0.29) is 12.3 Å². The molecule has 8 nitrogen and oxygen atoms in total. The van der Waals surface area contributed by atoms with Gasteiger partial charge in [0, 0.05) is 32.2 Å². The molecular weight excluding hydrogens is 418 g/mol. The Morgan fingerprint density at radius 3 is 2.39 bits per heavy atom. The lowest BCUT2D eigenvalue weighted by Gasteiger charge is -2.29. The fourth-order valence-corrected chi connectivity index (χ4v) is 4.45. The number of aromatic nitrogens is 4. The number of carbonyl (C=O) groups is 1. The molecule has 0 unspecified atom stereocenters.